The van der Waals surface area contributed by atoms with Crippen LogP contribution in [0.25, 0.3) is 0 Å². The van der Waals surface area contributed by atoms with Gasteiger partial charge in [0.05, 0.1) is 6.33 Å². The lowest BCUT2D eigenvalue weighted by Crippen LogP contribution is -3.00. The third-order valence-corrected chi connectivity index (χ3v) is 3.11. The van der Waals surface area contributed by atoms with E-state index in [1.807, 2.05) is 12.3 Å². The molecule has 0 fully saturated rings. The zero-order valence-corrected chi connectivity index (χ0v) is 9.92. The first kappa shape index (κ1) is 12.1. The van der Waals surface area contributed by atoms with Gasteiger partial charge in [0.2, 0.25) is 5.03 Å². The van der Waals surface area contributed by atoms with Crippen molar-refractivity contribution in [1.82, 2.24) is 9.97 Å². The minimum absolute atomic E-state index is 0. The predicted molar refractivity (Wildman–Crippen MR) is 55.8 cm³/mol. The van der Waals surface area contributed by atoms with Crippen LogP contribution < -0.4 is 17.0 Å². The summed E-state index contributed by atoms with van der Waals surface area (Å²) in [6.45, 7) is 0. The highest BCUT2D eigenvalue weighted by molar-refractivity contribution is 7.98. The van der Waals surface area contributed by atoms with Crippen molar-refractivity contribution in [2.24, 2.45) is 7.05 Å². The van der Waals surface area contributed by atoms with Crippen LogP contribution in [0.2, 0.25) is 0 Å². The topological polar surface area (TPSA) is 32.6 Å². The van der Waals surface area contributed by atoms with Gasteiger partial charge in [0.1, 0.15) is 7.05 Å². The maximum absolute atomic E-state index is 3.98. The van der Waals surface area contributed by atoms with Gasteiger partial charge in [0.25, 0.3) is 0 Å². The fourth-order valence-electron chi connectivity index (χ4n) is 1.17. The Balaban J connectivity index is 0.00000112. The number of aromatic nitrogens is 3. The number of aryl methyl sites for hydroxylation is 1. The highest BCUT2D eigenvalue weighted by atomic mass is 35.5. The second-order valence-corrected chi connectivity index (χ2v) is 4.01. The molecule has 0 spiro atoms. The largest absolute Gasteiger partial charge is 1.00 e. The molecule has 2 aromatic heterocycles. The zero-order valence-electron chi connectivity index (χ0n) is 8.35. The van der Waals surface area contributed by atoms with Crippen molar-refractivity contribution in [3.63, 3.8) is 0 Å². The van der Waals surface area contributed by atoms with Gasteiger partial charge >= 0.3 is 0 Å². The quantitative estimate of drug-likeness (QED) is 0.526. The lowest BCUT2D eigenvalue weighted by molar-refractivity contribution is -0.708. The predicted octanol–water partition coefficient (Wildman–Crippen LogP) is -1.47. The Kier molecular flexibility index (Phi) is 4.65. The number of H-pyrrole nitrogens is 1. The SMILES string of the molecule is C[n+]1ccccc1SCc1cnc[nH]1.[Cl-]. The van der Waals surface area contributed by atoms with Crippen molar-refractivity contribution >= 4 is 11.8 Å². The molecule has 2 aromatic rings. The third-order valence-electron chi connectivity index (χ3n) is 1.94. The van der Waals surface area contributed by atoms with Crippen molar-refractivity contribution in [3.8, 4) is 0 Å². The molecule has 0 bridgehead atoms. The fourth-order valence-corrected chi connectivity index (χ4v) is 2.07. The van der Waals surface area contributed by atoms with Crippen LogP contribution in [0, 0.1) is 0 Å². The first-order valence-electron chi connectivity index (χ1n) is 4.41. The average Bonchev–Trinajstić information content (AvgIpc) is 2.69. The summed E-state index contributed by atoms with van der Waals surface area (Å²) < 4.78 is 2.11. The zero-order chi connectivity index (χ0) is 9.80. The van der Waals surface area contributed by atoms with Crippen molar-refractivity contribution < 1.29 is 17.0 Å². The number of hydrogen-bond acceptors (Lipinski definition) is 2. The van der Waals surface area contributed by atoms with Crippen LogP contribution in [0.1, 0.15) is 5.69 Å². The molecule has 1 N–H and O–H groups in total. The van der Waals surface area contributed by atoms with Crippen LogP contribution in [0.5, 0.6) is 0 Å². The van der Waals surface area contributed by atoms with Gasteiger partial charge in [0.15, 0.2) is 6.20 Å². The lowest BCUT2D eigenvalue weighted by atomic mass is 10.5. The van der Waals surface area contributed by atoms with Crippen molar-refractivity contribution in [1.29, 1.82) is 0 Å². The maximum Gasteiger partial charge on any atom is 0.240 e. The summed E-state index contributed by atoms with van der Waals surface area (Å²) in [5.74, 6) is 0.928. The van der Waals surface area contributed by atoms with Gasteiger partial charge in [-0.1, -0.05) is 11.8 Å². The van der Waals surface area contributed by atoms with E-state index >= 15 is 0 Å². The highest BCUT2D eigenvalue weighted by Gasteiger charge is 2.05. The molecule has 2 rings (SSSR count). The summed E-state index contributed by atoms with van der Waals surface area (Å²) in [5.41, 5.74) is 1.15. The third kappa shape index (κ3) is 3.25. The molecule has 3 nitrogen and oxygen atoms in total. The summed E-state index contributed by atoms with van der Waals surface area (Å²) in [5, 5.41) is 1.25. The normalized spacial score (nSPS) is 9.67. The molecule has 0 unspecified atom stereocenters. The average molecular weight is 242 g/mol. The van der Waals surface area contributed by atoms with Crippen LogP contribution in [-0.2, 0) is 12.8 Å². The van der Waals surface area contributed by atoms with Crippen LogP contribution in [-0.4, -0.2) is 9.97 Å². The van der Waals surface area contributed by atoms with E-state index in [4.69, 9.17) is 0 Å². The molecule has 0 atom stereocenters. The minimum atomic E-state index is 0. The van der Waals surface area contributed by atoms with E-state index in [0.29, 0.717) is 0 Å². The van der Waals surface area contributed by atoms with E-state index in [1.54, 1.807) is 18.1 Å². The first-order chi connectivity index (χ1) is 6.86. The molecule has 2 heterocycles. The molecule has 0 saturated heterocycles. The number of halogens is 1. The Morgan fingerprint density at radius 1 is 1.47 bits per heavy atom. The molecular weight excluding hydrogens is 230 g/mol. The Morgan fingerprint density at radius 2 is 2.33 bits per heavy atom. The van der Waals surface area contributed by atoms with E-state index in [-0.39, 0.29) is 12.4 Å². The molecule has 0 aliphatic carbocycles. The van der Waals surface area contributed by atoms with E-state index in [1.165, 1.54) is 5.03 Å². The van der Waals surface area contributed by atoms with Crippen molar-refractivity contribution in [3.05, 3.63) is 42.6 Å². The van der Waals surface area contributed by atoms with Gasteiger partial charge in [-0.25, -0.2) is 4.98 Å². The molecule has 5 heteroatoms. The van der Waals surface area contributed by atoms with Gasteiger partial charge in [-0.05, 0) is 6.07 Å². The van der Waals surface area contributed by atoms with Gasteiger partial charge in [-0.2, -0.15) is 4.57 Å². The summed E-state index contributed by atoms with van der Waals surface area (Å²) in [4.78, 5) is 7.07. The summed E-state index contributed by atoms with van der Waals surface area (Å²) in [6, 6.07) is 6.19. The standard InChI is InChI=1S/C10H12N3S.ClH/c1-13-5-3-2-4-10(13)14-7-9-6-11-8-12-9;/h2-6,8H,7H2,1H3,(H,11,12);1H/q+1;/p-1. The Hall–Kier alpha value is -1.00. The van der Waals surface area contributed by atoms with Crippen LogP contribution in [0.4, 0.5) is 0 Å². The first-order valence-corrected chi connectivity index (χ1v) is 5.39. The van der Waals surface area contributed by atoms with Crippen molar-refractivity contribution in [2.45, 2.75) is 10.8 Å². The van der Waals surface area contributed by atoms with Crippen LogP contribution >= 0.6 is 11.8 Å². The smallest absolute Gasteiger partial charge is 0.240 e. The molecule has 0 aliphatic heterocycles. The Bertz CT molecular complexity index is 403. The maximum atomic E-state index is 3.98. The second-order valence-electron chi connectivity index (χ2n) is 3.02. The Labute approximate surface area is 99.4 Å². The molecular formula is C10H12ClN3S. The number of thioether (sulfide) groups is 1. The molecule has 0 amide bonds. The molecule has 80 valence electrons. The van der Waals surface area contributed by atoms with Crippen molar-refractivity contribution in [2.75, 3.05) is 0 Å². The minimum Gasteiger partial charge on any atom is -1.00 e. The van der Waals surface area contributed by atoms with E-state index in [2.05, 4.69) is 39.9 Å². The summed E-state index contributed by atoms with van der Waals surface area (Å²) in [6.07, 6.45) is 5.62. The lowest BCUT2D eigenvalue weighted by Gasteiger charge is -1.97. The number of nitrogens with one attached hydrogen (secondary N) is 1. The molecule has 0 radical (unpaired) electrons. The van der Waals surface area contributed by atoms with E-state index in [0.717, 1.165) is 11.4 Å². The fraction of sp³-hybridized carbons (Fsp3) is 0.200. The van der Waals surface area contributed by atoms with Gasteiger partial charge < -0.3 is 17.4 Å². The molecule has 15 heavy (non-hydrogen) atoms. The second kappa shape index (κ2) is 5.78. The summed E-state index contributed by atoms with van der Waals surface area (Å²) in [7, 11) is 2.05. The van der Waals surface area contributed by atoms with E-state index in [9.17, 15) is 0 Å². The monoisotopic (exact) mass is 241 g/mol. The highest BCUT2D eigenvalue weighted by Crippen LogP contribution is 2.16. The molecule has 0 aromatic carbocycles. The number of hydrogen-bond donors (Lipinski definition) is 1. The number of nitrogens with zero attached hydrogens (tertiary/aromatic N) is 2. The van der Waals surface area contributed by atoms with Crippen LogP contribution in [0.3, 0.4) is 0 Å². The van der Waals surface area contributed by atoms with Crippen LogP contribution in [0.15, 0.2) is 41.9 Å². The number of imidazole rings is 1. The number of pyridine rings is 1. The number of rotatable bonds is 3. The summed E-state index contributed by atoms with van der Waals surface area (Å²) >= 11 is 1.80. The Morgan fingerprint density at radius 3 is 3.00 bits per heavy atom. The van der Waals surface area contributed by atoms with Gasteiger partial charge in [-0.3, -0.25) is 0 Å². The molecule has 0 aliphatic rings. The van der Waals surface area contributed by atoms with Gasteiger partial charge in [-0.15, -0.1) is 0 Å². The number of aromatic amines is 1. The van der Waals surface area contributed by atoms with E-state index < -0.39 is 0 Å². The van der Waals surface area contributed by atoms with Gasteiger partial charge in [0, 0.05) is 29.8 Å². The molecule has 0 saturated carbocycles.